The molecule has 114 valence electrons. The van der Waals surface area contributed by atoms with Crippen LogP contribution in [0.25, 0.3) is 0 Å². The van der Waals surface area contributed by atoms with E-state index in [0.29, 0.717) is 23.9 Å². The van der Waals surface area contributed by atoms with Gasteiger partial charge in [0.15, 0.2) is 0 Å². The molecular formula is C16H22N2O3. The quantitative estimate of drug-likeness (QED) is 0.865. The summed E-state index contributed by atoms with van der Waals surface area (Å²) >= 11 is 0. The maximum Gasteiger partial charge on any atom is 0.280 e. The Hall–Kier alpha value is -2.04. The third kappa shape index (κ3) is 2.73. The first-order chi connectivity index (χ1) is 9.75. The minimum atomic E-state index is -1.52. The molecule has 1 aromatic rings. The Labute approximate surface area is 125 Å². The lowest BCUT2D eigenvalue weighted by atomic mass is 9.99. The molecule has 1 heterocycles. The lowest BCUT2D eigenvalue weighted by Gasteiger charge is -2.38. The molecule has 1 N–H and O–H groups in total. The number of hydrogen-bond donors (Lipinski definition) is 1. The van der Waals surface area contributed by atoms with Gasteiger partial charge in [0.25, 0.3) is 17.4 Å². The van der Waals surface area contributed by atoms with Crippen molar-refractivity contribution in [2.75, 3.05) is 18.5 Å². The van der Waals surface area contributed by atoms with Crippen LogP contribution in [0.1, 0.15) is 26.3 Å². The fourth-order valence-electron chi connectivity index (χ4n) is 2.28. The van der Waals surface area contributed by atoms with Crippen LogP contribution in [0.3, 0.4) is 0 Å². The maximum absolute atomic E-state index is 12.5. The Bertz CT molecular complexity index is 583. The largest absolute Gasteiger partial charge is 0.466 e. The van der Waals surface area contributed by atoms with Crippen molar-refractivity contribution in [3.63, 3.8) is 0 Å². The van der Waals surface area contributed by atoms with Gasteiger partial charge < -0.3 is 15.0 Å². The van der Waals surface area contributed by atoms with Crippen LogP contribution in [0.15, 0.2) is 18.2 Å². The van der Waals surface area contributed by atoms with Crippen molar-refractivity contribution in [2.45, 2.75) is 33.3 Å². The Morgan fingerprint density at radius 3 is 2.71 bits per heavy atom. The molecule has 2 rings (SSSR count). The number of aryl methyl sites for hydroxylation is 1. The number of ether oxygens (including phenoxy) is 1. The molecule has 0 aliphatic carbocycles. The van der Waals surface area contributed by atoms with Crippen molar-refractivity contribution in [2.24, 2.45) is 5.92 Å². The summed E-state index contributed by atoms with van der Waals surface area (Å²) < 4.78 is 5.75. The second-order valence-corrected chi connectivity index (χ2v) is 6.07. The van der Waals surface area contributed by atoms with E-state index in [1.807, 2.05) is 32.9 Å². The number of likely N-dealkylation sites (N-methyl/N-ethyl adjacent to an activating group) is 1. The second kappa shape index (κ2) is 5.39. The lowest BCUT2D eigenvalue weighted by Crippen LogP contribution is -2.61. The van der Waals surface area contributed by atoms with E-state index in [1.54, 1.807) is 13.1 Å². The molecule has 5 heteroatoms. The zero-order valence-electron chi connectivity index (χ0n) is 13.2. The number of carbonyl (C=O) groups excluding carboxylic acids is 2. The molecule has 1 atom stereocenters. The highest BCUT2D eigenvalue weighted by Gasteiger charge is 2.49. The molecule has 0 radical (unpaired) electrons. The number of fused-ring (bicyclic) bond motifs is 1. The van der Waals surface area contributed by atoms with E-state index in [9.17, 15) is 9.59 Å². The van der Waals surface area contributed by atoms with Crippen molar-refractivity contribution in [1.82, 2.24) is 5.32 Å². The number of nitrogens with one attached hydrogen (secondary N) is 1. The maximum atomic E-state index is 12.5. The number of benzene rings is 1. The van der Waals surface area contributed by atoms with Crippen LogP contribution in [-0.2, 0) is 9.59 Å². The number of rotatable bonds is 3. The highest BCUT2D eigenvalue weighted by Crippen LogP contribution is 2.37. The fourth-order valence-corrected chi connectivity index (χ4v) is 2.28. The number of nitrogens with zero attached hydrogens (tertiary/aromatic N) is 1. The van der Waals surface area contributed by atoms with Gasteiger partial charge in [-0.3, -0.25) is 9.59 Å². The standard InChI is InChI=1S/C16H22N2O3/c1-10(2)9-17-14(19)16(4)15(20)18(5)12-8-11(3)6-7-13(12)21-16/h6-8,10H,9H2,1-5H3,(H,17,19). The molecule has 21 heavy (non-hydrogen) atoms. The number of anilines is 1. The SMILES string of the molecule is Cc1ccc2c(c1)N(C)C(=O)C(C)(C(=O)NCC(C)C)O2. The summed E-state index contributed by atoms with van der Waals surface area (Å²) in [5.41, 5.74) is 0.199. The molecule has 0 bridgehead atoms. The van der Waals surface area contributed by atoms with Crippen LogP contribution in [-0.4, -0.2) is 31.0 Å². The van der Waals surface area contributed by atoms with Gasteiger partial charge in [0.05, 0.1) is 5.69 Å². The van der Waals surface area contributed by atoms with Crippen LogP contribution in [0.5, 0.6) is 5.75 Å². The predicted molar refractivity (Wildman–Crippen MR) is 81.5 cm³/mol. The van der Waals surface area contributed by atoms with E-state index in [1.165, 1.54) is 11.8 Å². The Balaban J connectivity index is 2.32. The average Bonchev–Trinajstić information content (AvgIpc) is 2.43. The van der Waals surface area contributed by atoms with E-state index in [2.05, 4.69) is 5.32 Å². The van der Waals surface area contributed by atoms with Crippen molar-refractivity contribution >= 4 is 17.5 Å². The van der Waals surface area contributed by atoms with E-state index < -0.39 is 11.5 Å². The first-order valence-corrected chi connectivity index (χ1v) is 7.12. The van der Waals surface area contributed by atoms with Gasteiger partial charge in [0.1, 0.15) is 5.75 Å². The highest BCUT2D eigenvalue weighted by atomic mass is 16.5. The fraction of sp³-hybridized carbons (Fsp3) is 0.500. The number of hydrogen-bond acceptors (Lipinski definition) is 3. The average molecular weight is 290 g/mol. The van der Waals surface area contributed by atoms with Crippen molar-refractivity contribution in [3.8, 4) is 5.75 Å². The number of amides is 2. The molecule has 0 saturated heterocycles. The predicted octanol–water partition coefficient (Wildman–Crippen LogP) is 1.88. The summed E-state index contributed by atoms with van der Waals surface area (Å²) in [6.45, 7) is 7.97. The molecule has 1 unspecified atom stereocenters. The van der Waals surface area contributed by atoms with Gasteiger partial charge >= 0.3 is 0 Å². The third-order valence-corrected chi connectivity index (χ3v) is 3.61. The zero-order valence-corrected chi connectivity index (χ0v) is 13.2. The summed E-state index contributed by atoms with van der Waals surface area (Å²) in [5, 5.41) is 2.77. The summed E-state index contributed by atoms with van der Waals surface area (Å²) in [6.07, 6.45) is 0. The third-order valence-electron chi connectivity index (χ3n) is 3.61. The van der Waals surface area contributed by atoms with Crippen molar-refractivity contribution in [3.05, 3.63) is 23.8 Å². The van der Waals surface area contributed by atoms with Gasteiger partial charge in [0, 0.05) is 13.6 Å². The van der Waals surface area contributed by atoms with Gasteiger partial charge in [-0.25, -0.2) is 0 Å². The van der Waals surface area contributed by atoms with Gasteiger partial charge in [-0.05, 0) is 37.5 Å². The van der Waals surface area contributed by atoms with Gasteiger partial charge in [-0.1, -0.05) is 19.9 Å². The summed E-state index contributed by atoms with van der Waals surface area (Å²) in [5.74, 6) is 0.0925. The van der Waals surface area contributed by atoms with Crippen LogP contribution < -0.4 is 15.0 Å². The minimum absolute atomic E-state index is 0.309. The van der Waals surface area contributed by atoms with E-state index in [-0.39, 0.29) is 5.91 Å². The Morgan fingerprint density at radius 1 is 1.43 bits per heavy atom. The van der Waals surface area contributed by atoms with Crippen LogP contribution in [0.2, 0.25) is 0 Å². The van der Waals surface area contributed by atoms with Gasteiger partial charge in [0.2, 0.25) is 0 Å². The molecule has 5 nitrogen and oxygen atoms in total. The smallest absolute Gasteiger partial charge is 0.280 e. The van der Waals surface area contributed by atoms with Crippen LogP contribution >= 0.6 is 0 Å². The van der Waals surface area contributed by atoms with E-state index >= 15 is 0 Å². The monoisotopic (exact) mass is 290 g/mol. The molecule has 0 saturated carbocycles. The van der Waals surface area contributed by atoms with Crippen LogP contribution in [0.4, 0.5) is 5.69 Å². The van der Waals surface area contributed by atoms with Gasteiger partial charge in [-0.15, -0.1) is 0 Å². The molecular weight excluding hydrogens is 268 g/mol. The highest BCUT2D eigenvalue weighted by molar-refractivity contribution is 6.16. The Morgan fingerprint density at radius 2 is 2.10 bits per heavy atom. The molecule has 2 amide bonds. The minimum Gasteiger partial charge on any atom is -0.466 e. The van der Waals surface area contributed by atoms with E-state index in [4.69, 9.17) is 4.74 Å². The molecule has 0 aromatic heterocycles. The van der Waals surface area contributed by atoms with Crippen molar-refractivity contribution < 1.29 is 14.3 Å². The topological polar surface area (TPSA) is 58.6 Å². The first-order valence-electron chi connectivity index (χ1n) is 7.12. The summed E-state index contributed by atoms with van der Waals surface area (Å²) in [6, 6.07) is 5.56. The summed E-state index contributed by atoms with van der Waals surface area (Å²) in [7, 11) is 1.66. The normalized spacial score (nSPS) is 21.0. The van der Waals surface area contributed by atoms with E-state index in [0.717, 1.165) is 5.56 Å². The van der Waals surface area contributed by atoms with Crippen molar-refractivity contribution in [1.29, 1.82) is 0 Å². The molecule has 0 fully saturated rings. The lowest BCUT2D eigenvalue weighted by molar-refractivity contribution is -0.148. The zero-order chi connectivity index (χ0) is 15.8. The molecule has 1 aliphatic heterocycles. The number of carbonyl (C=O) groups is 2. The second-order valence-electron chi connectivity index (χ2n) is 6.07. The molecule has 0 spiro atoms. The first kappa shape index (κ1) is 15.4. The molecule has 1 aliphatic rings. The van der Waals surface area contributed by atoms with Crippen LogP contribution in [0, 0.1) is 12.8 Å². The Kier molecular flexibility index (Phi) is 3.94. The van der Waals surface area contributed by atoms with Gasteiger partial charge in [-0.2, -0.15) is 0 Å². The molecule has 1 aromatic carbocycles. The summed E-state index contributed by atoms with van der Waals surface area (Å²) in [4.78, 5) is 26.4.